The second-order valence-corrected chi connectivity index (χ2v) is 7.36. The number of halogens is 2. The molecule has 0 saturated carbocycles. The van der Waals surface area contributed by atoms with Gasteiger partial charge in [-0.1, -0.05) is 43.3 Å². The SMILES string of the molecule is CCN1CC2=C(NC(=S)NC2c2ccccc2F)/C(=C/c2ccccc2F)C1. The van der Waals surface area contributed by atoms with Crippen LogP contribution in [0.1, 0.15) is 24.1 Å². The minimum absolute atomic E-state index is 0.270. The van der Waals surface area contributed by atoms with Gasteiger partial charge in [-0.15, -0.1) is 0 Å². The van der Waals surface area contributed by atoms with E-state index in [0.29, 0.717) is 29.3 Å². The van der Waals surface area contributed by atoms with Crippen LogP contribution < -0.4 is 10.6 Å². The largest absolute Gasteiger partial charge is 0.352 e. The Labute approximate surface area is 168 Å². The third kappa shape index (κ3) is 3.57. The second kappa shape index (κ2) is 7.81. The summed E-state index contributed by atoms with van der Waals surface area (Å²) in [6, 6.07) is 13.1. The predicted octanol–water partition coefficient (Wildman–Crippen LogP) is 4.16. The van der Waals surface area contributed by atoms with Gasteiger partial charge in [-0.25, -0.2) is 8.78 Å². The summed E-state index contributed by atoms with van der Waals surface area (Å²) in [6.45, 7) is 4.27. The Morgan fingerprint density at radius 2 is 1.79 bits per heavy atom. The van der Waals surface area contributed by atoms with E-state index in [2.05, 4.69) is 22.5 Å². The van der Waals surface area contributed by atoms with Crippen molar-refractivity contribution in [2.45, 2.75) is 13.0 Å². The van der Waals surface area contributed by atoms with Crippen LogP contribution >= 0.6 is 12.2 Å². The molecule has 0 fully saturated rings. The summed E-state index contributed by atoms with van der Waals surface area (Å²) in [4.78, 5) is 2.25. The topological polar surface area (TPSA) is 27.3 Å². The summed E-state index contributed by atoms with van der Waals surface area (Å²) in [6.07, 6.45) is 1.85. The van der Waals surface area contributed by atoms with E-state index in [0.717, 1.165) is 23.4 Å². The number of thiocarbonyl (C=S) groups is 1. The first-order chi connectivity index (χ1) is 13.6. The van der Waals surface area contributed by atoms with Crippen LogP contribution in [0.2, 0.25) is 0 Å². The Kier molecular flexibility index (Phi) is 5.24. The van der Waals surface area contributed by atoms with Gasteiger partial charge in [0, 0.05) is 29.9 Å². The standard InChI is InChI=1S/C22H21F2N3S/c1-2-27-12-15(11-14-7-3-5-9-18(14)23)20-17(13-27)21(26-22(28)25-20)16-8-4-6-10-19(16)24/h3-11,21H,2,12-13H2,1H3,(H2,25,26,28)/b15-11+. The van der Waals surface area contributed by atoms with Gasteiger partial charge in [-0.05, 0) is 48.1 Å². The van der Waals surface area contributed by atoms with E-state index in [4.69, 9.17) is 12.2 Å². The van der Waals surface area contributed by atoms with Crippen molar-refractivity contribution >= 4 is 23.4 Å². The molecule has 144 valence electrons. The molecular weight excluding hydrogens is 376 g/mol. The Balaban J connectivity index is 1.85. The highest BCUT2D eigenvalue weighted by Gasteiger charge is 2.33. The van der Waals surface area contributed by atoms with Crippen molar-refractivity contribution in [3.05, 3.63) is 88.1 Å². The molecule has 0 bridgehead atoms. The van der Waals surface area contributed by atoms with Crippen LogP contribution in [0.25, 0.3) is 6.08 Å². The van der Waals surface area contributed by atoms with Crippen LogP contribution in [0.3, 0.4) is 0 Å². The lowest BCUT2D eigenvalue weighted by atomic mass is 9.88. The molecule has 2 aromatic carbocycles. The fourth-order valence-electron chi connectivity index (χ4n) is 3.76. The quantitative estimate of drug-likeness (QED) is 0.761. The van der Waals surface area contributed by atoms with Crippen LogP contribution in [0.15, 0.2) is 65.4 Å². The Bertz CT molecular complexity index is 983. The number of nitrogens with one attached hydrogen (secondary N) is 2. The molecule has 1 unspecified atom stereocenters. The molecule has 2 heterocycles. The van der Waals surface area contributed by atoms with Gasteiger partial charge in [0.25, 0.3) is 0 Å². The maximum atomic E-state index is 14.5. The molecule has 0 aromatic heterocycles. The highest BCUT2D eigenvalue weighted by atomic mass is 32.1. The first-order valence-electron chi connectivity index (χ1n) is 9.29. The highest BCUT2D eigenvalue weighted by molar-refractivity contribution is 7.80. The van der Waals surface area contributed by atoms with E-state index in [1.807, 2.05) is 18.2 Å². The summed E-state index contributed by atoms with van der Waals surface area (Å²) in [5.41, 5.74) is 3.90. The molecule has 3 nitrogen and oxygen atoms in total. The first-order valence-corrected chi connectivity index (χ1v) is 9.70. The number of likely N-dealkylation sites (N-methyl/N-ethyl adjacent to an activating group) is 1. The van der Waals surface area contributed by atoms with E-state index in [1.54, 1.807) is 24.3 Å². The maximum Gasteiger partial charge on any atom is 0.171 e. The third-order valence-corrected chi connectivity index (χ3v) is 5.41. The van der Waals surface area contributed by atoms with Crippen LogP contribution in [0.4, 0.5) is 8.78 Å². The number of hydrogen-bond donors (Lipinski definition) is 2. The third-order valence-electron chi connectivity index (χ3n) is 5.19. The molecule has 0 radical (unpaired) electrons. The van der Waals surface area contributed by atoms with Crippen LogP contribution in [0, 0.1) is 11.6 Å². The van der Waals surface area contributed by atoms with Gasteiger partial charge in [-0.3, -0.25) is 4.90 Å². The fraction of sp³-hybridized carbons (Fsp3) is 0.227. The monoisotopic (exact) mass is 397 g/mol. The summed E-state index contributed by atoms with van der Waals surface area (Å²) in [5, 5.41) is 6.88. The average molecular weight is 397 g/mol. The lowest BCUT2D eigenvalue weighted by Gasteiger charge is -2.40. The summed E-state index contributed by atoms with van der Waals surface area (Å²) in [7, 11) is 0. The lowest BCUT2D eigenvalue weighted by Crippen LogP contribution is -2.50. The molecule has 4 rings (SSSR count). The number of benzene rings is 2. The minimum atomic E-state index is -0.358. The predicted molar refractivity (Wildman–Crippen MR) is 112 cm³/mol. The summed E-state index contributed by atoms with van der Waals surface area (Å²) < 4.78 is 28.8. The molecular formula is C22H21F2N3S. The van der Waals surface area contributed by atoms with Gasteiger partial charge < -0.3 is 10.6 Å². The fourth-order valence-corrected chi connectivity index (χ4v) is 3.98. The van der Waals surface area contributed by atoms with E-state index in [9.17, 15) is 8.78 Å². The Morgan fingerprint density at radius 3 is 2.50 bits per heavy atom. The maximum absolute atomic E-state index is 14.5. The van der Waals surface area contributed by atoms with Crippen molar-refractivity contribution in [1.29, 1.82) is 0 Å². The van der Waals surface area contributed by atoms with Gasteiger partial charge >= 0.3 is 0 Å². The summed E-state index contributed by atoms with van der Waals surface area (Å²) in [5.74, 6) is -0.544. The first kappa shape index (κ1) is 18.8. The van der Waals surface area contributed by atoms with Crippen LogP contribution in [-0.4, -0.2) is 29.6 Å². The Hall–Kier alpha value is -2.57. The second-order valence-electron chi connectivity index (χ2n) is 6.95. The van der Waals surface area contributed by atoms with Crippen molar-refractivity contribution < 1.29 is 8.78 Å². The van der Waals surface area contributed by atoms with Crippen molar-refractivity contribution in [2.24, 2.45) is 0 Å². The average Bonchev–Trinajstić information content (AvgIpc) is 2.70. The Morgan fingerprint density at radius 1 is 1.07 bits per heavy atom. The smallest absolute Gasteiger partial charge is 0.171 e. The van der Waals surface area contributed by atoms with Gasteiger partial charge in [0.2, 0.25) is 0 Å². The molecule has 1 atom stereocenters. The molecule has 28 heavy (non-hydrogen) atoms. The van der Waals surface area contributed by atoms with Crippen molar-refractivity contribution in [3.63, 3.8) is 0 Å². The zero-order valence-corrected chi connectivity index (χ0v) is 16.3. The molecule has 0 spiro atoms. The molecule has 0 aliphatic carbocycles. The zero-order chi connectivity index (χ0) is 19.7. The van der Waals surface area contributed by atoms with Crippen molar-refractivity contribution in [1.82, 2.24) is 15.5 Å². The van der Waals surface area contributed by atoms with E-state index < -0.39 is 0 Å². The van der Waals surface area contributed by atoms with E-state index in [1.165, 1.54) is 12.1 Å². The van der Waals surface area contributed by atoms with E-state index >= 15 is 0 Å². The normalized spacial score (nSPS) is 21.3. The summed E-state index contributed by atoms with van der Waals surface area (Å²) >= 11 is 5.40. The number of rotatable bonds is 3. The molecule has 0 saturated heterocycles. The van der Waals surface area contributed by atoms with Gasteiger partial charge in [0.15, 0.2) is 5.11 Å². The van der Waals surface area contributed by atoms with Crippen molar-refractivity contribution in [2.75, 3.05) is 19.6 Å². The van der Waals surface area contributed by atoms with Gasteiger partial charge in [0.1, 0.15) is 11.6 Å². The van der Waals surface area contributed by atoms with Gasteiger partial charge in [-0.2, -0.15) is 0 Å². The van der Waals surface area contributed by atoms with Gasteiger partial charge in [0.05, 0.1) is 6.04 Å². The lowest BCUT2D eigenvalue weighted by molar-refractivity contribution is 0.315. The minimum Gasteiger partial charge on any atom is -0.352 e. The highest BCUT2D eigenvalue weighted by Crippen LogP contribution is 2.35. The molecule has 6 heteroatoms. The zero-order valence-electron chi connectivity index (χ0n) is 15.5. The van der Waals surface area contributed by atoms with Crippen LogP contribution in [-0.2, 0) is 0 Å². The number of nitrogens with zero attached hydrogens (tertiary/aromatic N) is 1. The van der Waals surface area contributed by atoms with E-state index in [-0.39, 0.29) is 17.7 Å². The van der Waals surface area contributed by atoms with Crippen LogP contribution in [0.5, 0.6) is 0 Å². The molecule has 2 N–H and O–H groups in total. The van der Waals surface area contributed by atoms with Crippen molar-refractivity contribution in [3.8, 4) is 0 Å². The molecule has 0 amide bonds. The molecule has 2 aliphatic heterocycles. The molecule has 2 aliphatic rings. The molecule has 2 aromatic rings. The number of hydrogen-bond acceptors (Lipinski definition) is 2.